The van der Waals surface area contributed by atoms with Crippen molar-refractivity contribution in [3.63, 3.8) is 0 Å². The highest BCUT2D eigenvalue weighted by molar-refractivity contribution is 7.98. The summed E-state index contributed by atoms with van der Waals surface area (Å²) in [7, 11) is 0. The highest BCUT2D eigenvalue weighted by Crippen LogP contribution is 2.35. The van der Waals surface area contributed by atoms with E-state index >= 15 is 0 Å². The summed E-state index contributed by atoms with van der Waals surface area (Å²) >= 11 is 1.36. The Morgan fingerprint density at radius 3 is 2.94 bits per heavy atom. The average Bonchev–Trinajstić information content (AvgIpc) is 2.28. The SMILES string of the molecule is CSc1ncc2c(n1)C[C@@H](C(F)F)C[C@H]2O. The second kappa shape index (κ2) is 4.63. The maximum absolute atomic E-state index is 12.6. The fourth-order valence-corrected chi connectivity index (χ4v) is 2.25. The molecular weight excluding hydrogens is 234 g/mol. The Labute approximate surface area is 96.3 Å². The molecule has 0 amide bonds. The maximum Gasteiger partial charge on any atom is 0.241 e. The summed E-state index contributed by atoms with van der Waals surface area (Å²) in [5.74, 6) is -0.799. The van der Waals surface area contributed by atoms with Crippen molar-refractivity contribution in [2.45, 2.75) is 30.5 Å². The van der Waals surface area contributed by atoms with Gasteiger partial charge in [0.15, 0.2) is 5.16 Å². The number of halogens is 2. The summed E-state index contributed by atoms with van der Waals surface area (Å²) in [6.45, 7) is 0. The van der Waals surface area contributed by atoms with Gasteiger partial charge in [0, 0.05) is 17.7 Å². The molecule has 0 fully saturated rings. The summed E-state index contributed by atoms with van der Waals surface area (Å²) in [5.41, 5.74) is 1.15. The highest BCUT2D eigenvalue weighted by Gasteiger charge is 2.32. The van der Waals surface area contributed by atoms with E-state index in [0.29, 0.717) is 16.4 Å². The van der Waals surface area contributed by atoms with E-state index in [1.165, 1.54) is 11.8 Å². The fraction of sp³-hybridized carbons (Fsp3) is 0.600. The average molecular weight is 246 g/mol. The third-order valence-corrected chi connectivity index (χ3v) is 3.32. The lowest BCUT2D eigenvalue weighted by Crippen LogP contribution is -2.25. The van der Waals surface area contributed by atoms with Crippen LogP contribution in [-0.4, -0.2) is 27.8 Å². The Balaban J connectivity index is 2.31. The largest absolute Gasteiger partial charge is 0.388 e. The molecule has 0 saturated heterocycles. The Kier molecular flexibility index (Phi) is 3.39. The van der Waals surface area contributed by atoms with Gasteiger partial charge < -0.3 is 5.11 Å². The number of aliphatic hydroxyl groups is 1. The monoisotopic (exact) mass is 246 g/mol. The summed E-state index contributed by atoms with van der Waals surface area (Å²) in [6, 6.07) is 0. The first kappa shape index (κ1) is 11.7. The number of aliphatic hydroxyl groups excluding tert-OH is 1. The van der Waals surface area contributed by atoms with Crippen LogP contribution in [0.1, 0.15) is 23.8 Å². The van der Waals surface area contributed by atoms with Gasteiger partial charge in [0.1, 0.15) is 0 Å². The molecule has 0 aromatic carbocycles. The van der Waals surface area contributed by atoms with Gasteiger partial charge in [-0.3, -0.25) is 0 Å². The van der Waals surface area contributed by atoms with E-state index in [9.17, 15) is 13.9 Å². The number of nitrogens with zero attached hydrogens (tertiary/aromatic N) is 2. The molecule has 16 heavy (non-hydrogen) atoms. The minimum Gasteiger partial charge on any atom is -0.388 e. The molecular formula is C10H12F2N2OS. The summed E-state index contributed by atoms with van der Waals surface area (Å²) in [6.07, 6.45) is 0.410. The van der Waals surface area contributed by atoms with Gasteiger partial charge in [-0.1, -0.05) is 11.8 Å². The molecule has 1 N–H and O–H groups in total. The standard InChI is InChI=1S/C10H12F2N2OS/c1-16-10-13-4-6-7(14-10)2-5(9(11)12)3-8(6)15/h4-5,8-9,15H,2-3H2,1H3/t5-,8-/m1/s1. The van der Waals surface area contributed by atoms with Gasteiger partial charge in [0.25, 0.3) is 0 Å². The molecule has 3 nitrogen and oxygen atoms in total. The van der Waals surface area contributed by atoms with Gasteiger partial charge in [-0.05, 0) is 19.1 Å². The van der Waals surface area contributed by atoms with Crippen LogP contribution in [0.5, 0.6) is 0 Å². The number of hydrogen-bond donors (Lipinski definition) is 1. The number of fused-ring (bicyclic) bond motifs is 1. The van der Waals surface area contributed by atoms with Crippen LogP contribution in [0.3, 0.4) is 0 Å². The maximum atomic E-state index is 12.6. The molecule has 2 atom stereocenters. The predicted octanol–water partition coefficient (Wildman–Crippen LogP) is 2.06. The molecule has 0 bridgehead atoms. The van der Waals surface area contributed by atoms with Crippen molar-refractivity contribution in [3.8, 4) is 0 Å². The zero-order chi connectivity index (χ0) is 11.7. The Hall–Kier alpha value is -0.750. The molecule has 0 saturated carbocycles. The molecule has 1 heterocycles. The smallest absolute Gasteiger partial charge is 0.241 e. The molecule has 0 unspecified atom stereocenters. The molecule has 2 rings (SSSR count). The number of rotatable bonds is 2. The highest BCUT2D eigenvalue weighted by atomic mass is 32.2. The first-order chi connectivity index (χ1) is 7.61. The third kappa shape index (κ3) is 2.17. The van der Waals surface area contributed by atoms with Crippen LogP contribution in [0.25, 0.3) is 0 Å². The van der Waals surface area contributed by atoms with E-state index in [-0.39, 0.29) is 12.8 Å². The predicted molar refractivity (Wildman–Crippen MR) is 56.6 cm³/mol. The third-order valence-electron chi connectivity index (χ3n) is 2.76. The zero-order valence-electron chi connectivity index (χ0n) is 8.73. The van der Waals surface area contributed by atoms with Crippen LogP contribution >= 0.6 is 11.8 Å². The lowest BCUT2D eigenvalue weighted by atomic mass is 9.86. The van der Waals surface area contributed by atoms with Crippen LogP contribution in [-0.2, 0) is 6.42 Å². The van der Waals surface area contributed by atoms with Crippen LogP contribution in [0.4, 0.5) is 8.78 Å². The molecule has 0 radical (unpaired) electrons. The number of thioether (sulfide) groups is 1. The van der Waals surface area contributed by atoms with Gasteiger partial charge >= 0.3 is 0 Å². The molecule has 1 aromatic rings. The van der Waals surface area contributed by atoms with Crippen molar-refractivity contribution in [1.82, 2.24) is 9.97 Å². The van der Waals surface area contributed by atoms with Gasteiger partial charge in [-0.2, -0.15) is 0 Å². The van der Waals surface area contributed by atoms with Crippen molar-refractivity contribution >= 4 is 11.8 Å². The molecule has 1 aromatic heterocycles. The second-order valence-electron chi connectivity index (χ2n) is 3.81. The topological polar surface area (TPSA) is 46.0 Å². The lowest BCUT2D eigenvalue weighted by molar-refractivity contribution is 0.0288. The van der Waals surface area contributed by atoms with E-state index in [0.717, 1.165) is 0 Å². The molecule has 0 aliphatic heterocycles. The Bertz CT molecular complexity index is 389. The van der Waals surface area contributed by atoms with Crippen molar-refractivity contribution in [2.75, 3.05) is 6.26 Å². The van der Waals surface area contributed by atoms with Gasteiger partial charge in [0.05, 0.1) is 11.8 Å². The minimum absolute atomic E-state index is 0.0899. The van der Waals surface area contributed by atoms with Crippen molar-refractivity contribution < 1.29 is 13.9 Å². The van der Waals surface area contributed by atoms with Crippen molar-refractivity contribution in [2.24, 2.45) is 5.92 Å². The van der Waals surface area contributed by atoms with Crippen molar-refractivity contribution in [1.29, 1.82) is 0 Å². The van der Waals surface area contributed by atoms with Gasteiger partial charge in [-0.15, -0.1) is 0 Å². The van der Waals surface area contributed by atoms with Crippen LogP contribution in [0, 0.1) is 5.92 Å². The van der Waals surface area contributed by atoms with E-state index in [4.69, 9.17) is 0 Å². The summed E-state index contributed by atoms with van der Waals surface area (Å²) in [5, 5.41) is 10.3. The summed E-state index contributed by atoms with van der Waals surface area (Å²) in [4.78, 5) is 8.21. The number of hydrogen-bond acceptors (Lipinski definition) is 4. The van der Waals surface area contributed by atoms with Crippen LogP contribution in [0.15, 0.2) is 11.4 Å². The molecule has 1 aliphatic rings. The number of alkyl halides is 2. The van der Waals surface area contributed by atoms with E-state index in [2.05, 4.69) is 9.97 Å². The van der Waals surface area contributed by atoms with E-state index < -0.39 is 18.4 Å². The van der Waals surface area contributed by atoms with Crippen LogP contribution < -0.4 is 0 Å². The zero-order valence-corrected chi connectivity index (χ0v) is 9.55. The molecule has 1 aliphatic carbocycles. The molecule has 0 spiro atoms. The number of aromatic nitrogens is 2. The van der Waals surface area contributed by atoms with E-state index in [1.54, 1.807) is 6.20 Å². The summed E-state index contributed by atoms with van der Waals surface area (Å²) < 4.78 is 25.2. The minimum atomic E-state index is -2.41. The van der Waals surface area contributed by atoms with Gasteiger partial charge in [0.2, 0.25) is 6.43 Å². The fourth-order valence-electron chi connectivity index (χ4n) is 1.89. The first-order valence-electron chi connectivity index (χ1n) is 4.98. The molecule has 6 heteroatoms. The molecule has 88 valence electrons. The van der Waals surface area contributed by atoms with Gasteiger partial charge in [-0.25, -0.2) is 18.7 Å². The normalized spacial score (nSPS) is 24.6. The Morgan fingerprint density at radius 2 is 2.31 bits per heavy atom. The first-order valence-corrected chi connectivity index (χ1v) is 6.20. The second-order valence-corrected chi connectivity index (χ2v) is 4.58. The van der Waals surface area contributed by atoms with E-state index in [1.807, 2.05) is 6.26 Å². The quantitative estimate of drug-likeness (QED) is 0.641. The van der Waals surface area contributed by atoms with Crippen LogP contribution in [0.2, 0.25) is 0 Å². The lowest BCUT2D eigenvalue weighted by Gasteiger charge is -2.27. The van der Waals surface area contributed by atoms with Crippen molar-refractivity contribution in [3.05, 3.63) is 17.5 Å². The Morgan fingerprint density at radius 1 is 1.56 bits per heavy atom.